The van der Waals surface area contributed by atoms with Crippen molar-refractivity contribution >= 4 is 11.7 Å². The van der Waals surface area contributed by atoms with Crippen molar-refractivity contribution in [1.29, 1.82) is 0 Å². The van der Waals surface area contributed by atoms with Crippen LogP contribution in [-0.2, 0) is 6.54 Å². The van der Waals surface area contributed by atoms with E-state index in [1.807, 2.05) is 18.2 Å². The topological polar surface area (TPSA) is 76.9 Å². The summed E-state index contributed by atoms with van der Waals surface area (Å²) in [5, 5.41) is 18.6. The first-order valence-electron chi connectivity index (χ1n) is 9.73. The van der Waals surface area contributed by atoms with E-state index in [0.29, 0.717) is 17.7 Å². The zero-order valence-electron chi connectivity index (χ0n) is 16.3. The summed E-state index contributed by atoms with van der Waals surface area (Å²) in [5.41, 5.74) is 3.14. The molecule has 0 bridgehead atoms. The van der Waals surface area contributed by atoms with Gasteiger partial charge in [0, 0.05) is 55.7 Å². The van der Waals surface area contributed by atoms with E-state index >= 15 is 0 Å². The molecule has 2 N–H and O–H groups in total. The number of carbonyl (C=O) groups is 1. The summed E-state index contributed by atoms with van der Waals surface area (Å²) in [4.78, 5) is 19.4. The van der Waals surface area contributed by atoms with E-state index in [1.54, 1.807) is 18.2 Å². The van der Waals surface area contributed by atoms with Gasteiger partial charge in [0.05, 0.1) is 11.8 Å². The van der Waals surface area contributed by atoms with Crippen molar-refractivity contribution in [3.05, 3.63) is 77.9 Å². The maximum absolute atomic E-state index is 14.6. The van der Waals surface area contributed by atoms with Crippen molar-refractivity contribution in [2.75, 3.05) is 31.1 Å². The SMILES string of the molecule is O=C(O)c1ccc(N2CCN(Cc3ccc(-c4cncc(O)c4)c(F)c3)CC2)cc1. The van der Waals surface area contributed by atoms with Crippen LogP contribution in [0.15, 0.2) is 60.9 Å². The monoisotopic (exact) mass is 407 g/mol. The van der Waals surface area contributed by atoms with Crippen LogP contribution in [-0.4, -0.2) is 52.2 Å². The number of halogens is 1. The van der Waals surface area contributed by atoms with Crippen molar-refractivity contribution in [1.82, 2.24) is 9.88 Å². The molecule has 1 aliphatic heterocycles. The molecule has 1 fully saturated rings. The second-order valence-electron chi connectivity index (χ2n) is 7.36. The molecule has 3 aromatic rings. The van der Waals surface area contributed by atoms with Gasteiger partial charge in [0.25, 0.3) is 0 Å². The predicted octanol–water partition coefficient (Wildman–Crippen LogP) is 3.61. The summed E-state index contributed by atoms with van der Waals surface area (Å²) in [6.07, 6.45) is 2.84. The van der Waals surface area contributed by atoms with Gasteiger partial charge >= 0.3 is 5.97 Å². The molecule has 4 rings (SSSR count). The van der Waals surface area contributed by atoms with Crippen LogP contribution in [0.1, 0.15) is 15.9 Å². The van der Waals surface area contributed by atoms with Gasteiger partial charge in [0.2, 0.25) is 0 Å². The third kappa shape index (κ3) is 4.41. The summed E-state index contributed by atoms with van der Waals surface area (Å²) in [7, 11) is 0. The molecule has 6 nitrogen and oxygen atoms in total. The highest BCUT2D eigenvalue weighted by Crippen LogP contribution is 2.26. The lowest BCUT2D eigenvalue weighted by Crippen LogP contribution is -2.45. The number of hydrogen-bond donors (Lipinski definition) is 2. The lowest BCUT2D eigenvalue weighted by molar-refractivity contribution is 0.0697. The quantitative estimate of drug-likeness (QED) is 0.673. The van der Waals surface area contributed by atoms with Crippen molar-refractivity contribution in [3.63, 3.8) is 0 Å². The predicted molar refractivity (Wildman–Crippen MR) is 112 cm³/mol. The van der Waals surface area contributed by atoms with E-state index in [2.05, 4.69) is 14.8 Å². The van der Waals surface area contributed by atoms with Crippen LogP contribution in [0, 0.1) is 5.82 Å². The molecule has 1 aromatic heterocycles. The third-order valence-corrected chi connectivity index (χ3v) is 5.33. The molecule has 2 aromatic carbocycles. The van der Waals surface area contributed by atoms with Gasteiger partial charge < -0.3 is 15.1 Å². The van der Waals surface area contributed by atoms with Crippen LogP contribution in [0.25, 0.3) is 11.1 Å². The summed E-state index contributed by atoms with van der Waals surface area (Å²) >= 11 is 0. The Hall–Kier alpha value is -3.45. The third-order valence-electron chi connectivity index (χ3n) is 5.33. The number of anilines is 1. The molecule has 0 aliphatic carbocycles. The number of carboxylic acid groups (broad SMARTS) is 1. The number of piperazine rings is 1. The number of nitrogens with zero attached hydrogens (tertiary/aromatic N) is 3. The average Bonchev–Trinajstić information content (AvgIpc) is 2.74. The first kappa shape index (κ1) is 19.8. The van der Waals surface area contributed by atoms with Gasteiger partial charge in [-0.1, -0.05) is 12.1 Å². The maximum Gasteiger partial charge on any atom is 0.335 e. The van der Waals surface area contributed by atoms with Gasteiger partial charge in [-0.25, -0.2) is 9.18 Å². The Morgan fingerprint density at radius 1 is 1.00 bits per heavy atom. The zero-order chi connectivity index (χ0) is 21.1. The Bertz CT molecular complexity index is 1050. The Labute approximate surface area is 173 Å². The van der Waals surface area contributed by atoms with Crippen molar-refractivity contribution in [2.24, 2.45) is 0 Å². The Morgan fingerprint density at radius 2 is 1.73 bits per heavy atom. The number of aromatic carboxylic acids is 1. The molecule has 0 atom stereocenters. The largest absolute Gasteiger partial charge is 0.506 e. The van der Waals surface area contributed by atoms with Crippen molar-refractivity contribution < 1.29 is 19.4 Å². The number of benzene rings is 2. The number of rotatable bonds is 5. The van der Waals surface area contributed by atoms with E-state index in [1.165, 1.54) is 24.5 Å². The molecule has 1 saturated heterocycles. The van der Waals surface area contributed by atoms with Gasteiger partial charge in [-0.05, 0) is 42.0 Å². The zero-order valence-corrected chi connectivity index (χ0v) is 16.3. The van der Waals surface area contributed by atoms with Gasteiger partial charge in [-0.3, -0.25) is 9.88 Å². The van der Waals surface area contributed by atoms with Crippen LogP contribution >= 0.6 is 0 Å². The molecule has 0 unspecified atom stereocenters. The van der Waals surface area contributed by atoms with Gasteiger partial charge in [-0.15, -0.1) is 0 Å². The average molecular weight is 407 g/mol. The van der Waals surface area contributed by atoms with Crippen molar-refractivity contribution in [2.45, 2.75) is 6.54 Å². The van der Waals surface area contributed by atoms with E-state index in [9.17, 15) is 14.3 Å². The summed E-state index contributed by atoms with van der Waals surface area (Å²) in [6, 6.07) is 13.6. The van der Waals surface area contributed by atoms with Gasteiger partial charge in [0.15, 0.2) is 0 Å². The van der Waals surface area contributed by atoms with Crippen LogP contribution in [0.5, 0.6) is 5.75 Å². The first-order chi connectivity index (χ1) is 14.5. The molecule has 30 heavy (non-hydrogen) atoms. The molecule has 0 amide bonds. The summed E-state index contributed by atoms with van der Waals surface area (Å²) < 4.78 is 14.6. The van der Waals surface area contributed by atoms with Crippen LogP contribution in [0.3, 0.4) is 0 Å². The second-order valence-corrected chi connectivity index (χ2v) is 7.36. The fourth-order valence-electron chi connectivity index (χ4n) is 3.70. The minimum absolute atomic E-state index is 0.00597. The van der Waals surface area contributed by atoms with Crippen LogP contribution in [0.4, 0.5) is 10.1 Å². The number of pyridine rings is 1. The van der Waals surface area contributed by atoms with E-state index in [0.717, 1.165) is 37.4 Å². The molecule has 1 aliphatic rings. The normalized spacial score (nSPS) is 14.6. The summed E-state index contributed by atoms with van der Waals surface area (Å²) in [5.74, 6) is -1.26. The summed E-state index contributed by atoms with van der Waals surface area (Å²) in [6.45, 7) is 3.96. The Balaban J connectivity index is 1.37. The first-order valence-corrected chi connectivity index (χ1v) is 9.73. The number of carboxylic acids is 1. The number of hydrogen-bond acceptors (Lipinski definition) is 5. The fourth-order valence-corrected chi connectivity index (χ4v) is 3.70. The molecule has 2 heterocycles. The van der Waals surface area contributed by atoms with Crippen molar-refractivity contribution in [3.8, 4) is 16.9 Å². The van der Waals surface area contributed by atoms with Crippen LogP contribution in [0.2, 0.25) is 0 Å². The highest BCUT2D eigenvalue weighted by Gasteiger charge is 2.18. The Kier molecular flexibility index (Phi) is 5.63. The smallest absolute Gasteiger partial charge is 0.335 e. The maximum atomic E-state index is 14.6. The molecule has 0 radical (unpaired) electrons. The lowest BCUT2D eigenvalue weighted by atomic mass is 10.0. The second kappa shape index (κ2) is 8.51. The highest BCUT2D eigenvalue weighted by molar-refractivity contribution is 5.88. The number of aromatic hydroxyl groups is 1. The highest BCUT2D eigenvalue weighted by atomic mass is 19.1. The molecule has 0 saturated carbocycles. The van der Waals surface area contributed by atoms with Gasteiger partial charge in [-0.2, -0.15) is 0 Å². The molecule has 7 heteroatoms. The fraction of sp³-hybridized carbons (Fsp3) is 0.217. The molecule has 0 spiro atoms. The molecular formula is C23H22FN3O3. The number of aromatic nitrogens is 1. The van der Waals surface area contributed by atoms with Crippen LogP contribution < -0.4 is 4.90 Å². The molecular weight excluding hydrogens is 385 g/mol. The standard InChI is InChI=1S/C23H22FN3O3/c24-22-11-16(1-6-21(22)18-12-20(28)14-25-13-18)15-26-7-9-27(10-8-26)19-4-2-17(3-5-19)23(29)30/h1-6,11-14,28H,7-10,15H2,(H,29,30). The van der Waals surface area contributed by atoms with E-state index in [4.69, 9.17) is 5.11 Å². The van der Waals surface area contributed by atoms with E-state index < -0.39 is 5.97 Å². The Morgan fingerprint density at radius 3 is 2.37 bits per heavy atom. The molecule has 154 valence electrons. The lowest BCUT2D eigenvalue weighted by Gasteiger charge is -2.36. The van der Waals surface area contributed by atoms with Gasteiger partial charge in [0.1, 0.15) is 11.6 Å². The van der Waals surface area contributed by atoms with E-state index in [-0.39, 0.29) is 17.1 Å². The minimum atomic E-state index is -0.926. The minimum Gasteiger partial charge on any atom is -0.506 e.